The number of hydrazone groups is 1. The third-order valence-corrected chi connectivity index (χ3v) is 2.25. The highest BCUT2D eigenvalue weighted by atomic mass is 16.2. The third kappa shape index (κ3) is 10.9. The highest BCUT2D eigenvalue weighted by Crippen LogP contribution is 2.13. The fraction of sp³-hybridized carbons (Fsp3) is 0.818. The van der Waals surface area contributed by atoms with Crippen molar-refractivity contribution in [1.82, 2.24) is 5.43 Å². The van der Waals surface area contributed by atoms with Crippen LogP contribution in [-0.4, -0.2) is 12.2 Å². The molecule has 0 unspecified atom stereocenters. The van der Waals surface area contributed by atoms with Crippen molar-refractivity contribution in [3.05, 3.63) is 0 Å². The molecule has 0 aliphatic carbocycles. The summed E-state index contributed by atoms with van der Waals surface area (Å²) in [4.78, 5) is 10.3. The molecule has 0 spiro atoms. The summed E-state index contributed by atoms with van der Waals surface area (Å²) < 4.78 is 0. The highest BCUT2D eigenvalue weighted by molar-refractivity contribution is 5.72. The standard InChI is InChI=1S/C11H23N3O/c1-9(2)5-4-6-10(3)7-8-13-14-11(12)15/h8-10H,4-7H2,1-3H3,(H3,12,14,15)/b13-8+/t10-/m1/s1. The van der Waals surface area contributed by atoms with Crippen LogP contribution in [0.25, 0.3) is 0 Å². The first-order valence-corrected chi connectivity index (χ1v) is 5.59. The predicted molar refractivity (Wildman–Crippen MR) is 63.7 cm³/mol. The van der Waals surface area contributed by atoms with Crippen LogP contribution in [0, 0.1) is 11.8 Å². The van der Waals surface area contributed by atoms with E-state index in [4.69, 9.17) is 5.73 Å². The second kappa shape index (κ2) is 8.26. The quantitative estimate of drug-likeness (QED) is 0.495. The molecule has 0 aliphatic rings. The first-order valence-electron chi connectivity index (χ1n) is 5.59. The Kier molecular flexibility index (Phi) is 7.68. The zero-order chi connectivity index (χ0) is 11.7. The molecule has 0 saturated heterocycles. The number of hydrogen-bond acceptors (Lipinski definition) is 2. The average molecular weight is 213 g/mol. The molecule has 0 aliphatic heterocycles. The van der Waals surface area contributed by atoms with E-state index in [1.165, 1.54) is 19.3 Å². The molecule has 1 atom stereocenters. The lowest BCUT2D eigenvalue weighted by Gasteiger charge is -2.09. The van der Waals surface area contributed by atoms with Crippen molar-refractivity contribution in [2.45, 2.75) is 46.5 Å². The van der Waals surface area contributed by atoms with Gasteiger partial charge in [-0.3, -0.25) is 0 Å². The molecule has 0 aromatic rings. The van der Waals surface area contributed by atoms with Crippen LogP contribution in [0.5, 0.6) is 0 Å². The van der Waals surface area contributed by atoms with E-state index in [2.05, 4.69) is 31.3 Å². The van der Waals surface area contributed by atoms with Crippen molar-refractivity contribution in [2.75, 3.05) is 0 Å². The Morgan fingerprint density at radius 1 is 1.40 bits per heavy atom. The van der Waals surface area contributed by atoms with E-state index in [0.29, 0.717) is 5.92 Å². The van der Waals surface area contributed by atoms with E-state index in [9.17, 15) is 4.79 Å². The van der Waals surface area contributed by atoms with Gasteiger partial charge in [-0.25, -0.2) is 10.2 Å². The van der Waals surface area contributed by atoms with Crippen molar-refractivity contribution in [3.63, 3.8) is 0 Å². The number of amides is 2. The molecule has 2 amide bonds. The number of carbonyl (C=O) groups excluding carboxylic acids is 1. The fourth-order valence-electron chi connectivity index (χ4n) is 1.33. The van der Waals surface area contributed by atoms with Gasteiger partial charge in [0, 0.05) is 6.21 Å². The Balaban J connectivity index is 3.44. The van der Waals surface area contributed by atoms with Crippen LogP contribution in [0.15, 0.2) is 5.10 Å². The molecule has 0 heterocycles. The lowest BCUT2D eigenvalue weighted by molar-refractivity contribution is 0.249. The van der Waals surface area contributed by atoms with E-state index in [1.807, 2.05) is 0 Å². The van der Waals surface area contributed by atoms with Crippen LogP contribution in [0.3, 0.4) is 0 Å². The lowest BCUT2D eigenvalue weighted by Crippen LogP contribution is -2.24. The van der Waals surface area contributed by atoms with Crippen molar-refractivity contribution in [2.24, 2.45) is 22.7 Å². The Labute approximate surface area is 92.3 Å². The molecule has 0 bridgehead atoms. The van der Waals surface area contributed by atoms with Crippen LogP contribution in [0.4, 0.5) is 4.79 Å². The van der Waals surface area contributed by atoms with Crippen molar-refractivity contribution < 1.29 is 4.79 Å². The maximum Gasteiger partial charge on any atom is 0.332 e. The number of hydrogen-bond donors (Lipinski definition) is 2. The van der Waals surface area contributed by atoms with Gasteiger partial charge in [0.05, 0.1) is 0 Å². The Hall–Kier alpha value is -1.06. The van der Waals surface area contributed by atoms with Gasteiger partial charge in [-0.15, -0.1) is 0 Å². The number of carbonyl (C=O) groups is 1. The van der Waals surface area contributed by atoms with E-state index in [0.717, 1.165) is 12.3 Å². The maximum absolute atomic E-state index is 10.3. The van der Waals surface area contributed by atoms with Gasteiger partial charge in [-0.05, 0) is 18.3 Å². The topological polar surface area (TPSA) is 67.5 Å². The second-order valence-corrected chi connectivity index (χ2v) is 4.45. The first kappa shape index (κ1) is 13.9. The monoisotopic (exact) mass is 213 g/mol. The zero-order valence-electron chi connectivity index (χ0n) is 9.99. The van der Waals surface area contributed by atoms with Crippen molar-refractivity contribution >= 4 is 12.2 Å². The van der Waals surface area contributed by atoms with E-state index < -0.39 is 6.03 Å². The van der Waals surface area contributed by atoms with Gasteiger partial charge in [-0.1, -0.05) is 40.0 Å². The number of rotatable bonds is 7. The number of nitrogens with two attached hydrogens (primary N) is 1. The number of nitrogens with one attached hydrogen (secondary N) is 1. The largest absolute Gasteiger partial charge is 0.350 e. The van der Waals surface area contributed by atoms with Gasteiger partial charge in [-0.2, -0.15) is 5.10 Å². The SMILES string of the molecule is CC(C)CCC[C@@H](C)C/C=N/NC(N)=O. The van der Waals surface area contributed by atoms with Gasteiger partial charge in [0.25, 0.3) is 0 Å². The minimum Gasteiger partial charge on any atom is -0.350 e. The minimum atomic E-state index is -0.612. The average Bonchev–Trinajstić information content (AvgIpc) is 2.11. The summed E-state index contributed by atoms with van der Waals surface area (Å²) in [7, 11) is 0. The smallest absolute Gasteiger partial charge is 0.332 e. The minimum absolute atomic E-state index is 0.612. The van der Waals surface area contributed by atoms with Gasteiger partial charge in [0.15, 0.2) is 0 Å². The van der Waals surface area contributed by atoms with Gasteiger partial charge in [0.2, 0.25) is 0 Å². The summed E-state index contributed by atoms with van der Waals surface area (Å²) in [5.74, 6) is 1.39. The number of urea groups is 1. The van der Waals surface area contributed by atoms with Crippen molar-refractivity contribution in [3.8, 4) is 0 Å². The molecule has 0 aromatic carbocycles. The molecular formula is C11H23N3O. The molecule has 0 fully saturated rings. The molecule has 0 rings (SSSR count). The fourth-order valence-corrected chi connectivity index (χ4v) is 1.33. The Morgan fingerprint density at radius 3 is 2.60 bits per heavy atom. The third-order valence-electron chi connectivity index (χ3n) is 2.25. The van der Waals surface area contributed by atoms with E-state index in [1.54, 1.807) is 6.21 Å². The molecule has 15 heavy (non-hydrogen) atoms. The van der Waals surface area contributed by atoms with E-state index >= 15 is 0 Å². The summed E-state index contributed by atoms with van der Waals surface area (Å²) in [5, 5.41) is 3.70. The highest BCUT2D eigenvalue weighted by Gasteiger charge is 2.01. The summed E-state index contributed by atoms with van der Waals surface area (Å²) in [6.07, 6.45) is 6.35. The Morgan fingerprint density at radius 2 is 2.07 bits per heavy atom. The van der Waals surface area contributed by atoms with Crippen LogP contribution < -0.4 is 11.2 Å². The van der Waals surface area contributed by atoms with Crippen LogP contribution in [0.1, 0.15) is 46.5 Å². The summed E-state index contributed by atoms with van der Waals surface area (Å²) in [6.45, 7) is 6.67. The maximum atomic E-state index is 10.3. The van der Waals surface area contributed by atoms with E-state index in [-0.39, 0.29) is 0 Å². The zero-order valence-corrected chi connectivity index (χ0v) is 9.99. The van der Waals surface area contributed by atoms with Crippen LogP contribution in [-0.2, 0) is 0 Å². The second-order valence-electron chi connectivity index (χ2n) is 4.45. The molecule has 0 aromatic heterocycles. The molecule has 0 saturated carbocycles. The van der Waals surface area contributed by atoms with Crippen LogP contribution >= 0.6 is 0 Å². The van der Waals surface area contributed by atoms with Gasteiger partial charge < -0.3 is 5.73 Å². The molecule has 4 nitrogen and oxygen atoms in total. The number of nitrogens with zero attached hydrogens (tertiary/aromatic N) is 1. The summed E-state index contributed by atoms with van der Waals surface area (Å²) in [6, 6.07) is -0.612. The molecule has 4 heteroatoms. The summed E-state index contributed by atoms with van der Waals surface area (Å²) >= 11 is 0. The Bertz CT molecular complexity index is 202. The van der Waals surface area contributed by atoms with Gasteiger partial charge in [0.1, 0.15) is 0 Å². The van der Waals surface area contributed by atoms with Gasteiger partial charge >= 0.3 is 6.03 Å². The predicted octanol–water partition coefficient (Wildman–Crippen LogP) is 2.49. The lowest BCUT2D eigenvalue weighted by atomic mass is 9.98. The summed E-state index contributed by atoms with van der Waals surface area (Å²) in [5.41, 5.74) is 7.04. The number of primary amides is 1. The molecule has 3 N–H and O–H groups in total. The first-order chi connectivity index (χ1) is 7.02. The molecular weight excluding hydrogens is 190 g/mol. The molecule has 0 radical (unpaired) electrons. The van der Waals surface area contributed by atoms with Crippen molar-refractivity contribution in [1.29, 1.82) is 0 Å². The van der Waals surface area contributed by atoms with Crippen LogP contribution in [0.2, 0.25) is 0 Å². The normalized spacial score (nSPS) is 13.3. The molecule has 88 valence electrons.